The number of nitrogens with zero attached hydrogens (tertiary/aromatic N) is 4. The summed E-state index contributed by atoms with van der Waals surface area (Å²) in [4.78, 5) is 22.3. The smallest absolute Gasteiger partial charge is 0.267 e. The summed E-state index contributed by atoms with van der Waals surface area (Å²) < 4.78 is 16.7. The van der Waals surface area contributed by atoms with E-state index in [0.717, 1.165) is 31.5 Å². The molecule has 0 bridgehead atoms. The van der Waals surface area contributed by atoms with Gasteiger partial charge in [-0.25, -0.2) is 14.4 Å². The van der Waals surface area contributed by atoms with E-state index in [1.54, 1.807) is 7.05 Å². The number of hydrogen-bond donors (Lipinski definition) is 1. The van der Waals surface area contributed by atoms with Gasteiger partial charge in [-0.1, -0.05) is 6.92 Å². The second-order valence-corrected chi connectivity index (χ2v) is 6.30. The average Bonchev–Trinajstić information content (AvgIpc) is 3.02. The van der Waals surface area contributed by atoms with Gasteiger partial charge in [-0.15, -0.1) is 0 Å². The average molecular weight is 345 g/mol. The van der Waals surface area contributed by atoms with Gasteiger partial charge in [0.15, 0.2) is 11.6 Å². The molecule has 0 unspecified atom stereocenters. The third-order valence-corrected chi connectivity index (χ3v) is 4.91. The molecule has 6 nitrogen and oxygen atoms in total. The van der Waals surface area contributed by atoms with E-state index in [2.05, 4.69) is 15.3 Å². The highest BCUT2D eigenvalue weighted by atomic mass is 19.1. The number of hydrogen-bond acceptors (Lipinski definition) is 4. The van der Waals surface area contributed by atoms with Gasteiger partial charge in [0, 0.05) is 26.3 Å². The fourth-order valence-corrected chi connectivity index (χ4v) is 3.55. The number of carbonyl (C=O) groups is 1. The van der Waals surface area contributed by atoms with Gasteiger partial charge in [-0.05, 0) is 37.8 Å². The number of halogens is 1. The molecule has 0 radical (unpaired) electrons. The molecule has 7 heteroatoms. The fourth-order valence-electron chi connectivity index (χ4n) is 3.55. The molecule has 0 spiro atoms. The maximum absolute atomic E-state index is 14.8. The largest absolute Gasteiger partial charge is 0.354 e. The maximum Gasteiger partial charge on any atom is 0.267 e. The van der Waals surface area contributed by atoms with Gasteiger partial charge >= 0.3 is 0 Å². The van der Waals surface area contributed by atoms with Gasteiger partial charge in [-0.3, -0.25) is 4.79 Å². The van der Waals surface area contributed by atoms with Crippen molar-refractivity contribution < 1.29 is 9.18 Å². The lowest BCUT2D eigenvalue weighted by Gasteiger charge is -2.37. The Morgan fingerprint density at radius 3 is 2.88 bits per heavy atom. The molecule has 3 heterocycles. The number of nitrogens with one attached hydrogen (secondary N) is 1. The van der Waals surface area contributed by atoms with Crippen LogP contribution in [-0.2, 0) is 13.5 Å². The van der Waals surface area contributed by atoms with Crippen LogP contribution in [0.2, 0.25) is 0 Å². The van der Waals surface area contributed by atoms with Crippen LogP contribution >= 0.6 is 0 Å². The van der Waals surface area contributed by atoms with Gasteiger partial charge in [0.25, 0.3) is 5.91 Å². The fraction of sp³-hybridized carbons (Fsp3) is 0.500. The highest BCUT2D eigenvalue weighted by Crippen LogP contribution is 2.36. The molecule has 1 fully saturated rings. The van der Waals surface area contributed by atoms with Crippen LogP contribution in [0.15, 0.2) is 18.5 Å². The Morgan fingerprint density at radius 2 is 2.16 bits per heavy atom. The quantitative estimate of drug-likeness (QED) is 0.925. The summed E-state index contributed by atoms with van der Waals surface area (Å²) in [5.41, 5.74) is 2.03. The van der Waals surface area contributed by atoms with E-state index in [1.807, 2.05) is 35.6 Å². The molecule has 1 aliphatic heterocycles. The summed E-state index contributed by atoms with van der Waals surface area (Å²) in [7, 11) is 3.49. The first-order chi connectivity index (χ1) is 12.1. The monoisotopic (exact) mass is 345 g/mol. The second-order valence-electron chi connectivity index (χ2n) is 6.30. The Bertz CT molecular complexity index is 773. The van der Waals surface area contributed by atoms with Gasteiger partial charge in [0.1, 0.15) is 12.0 Å². The zero-order valence-electron chi connectivity index (χ0n) is 14.9. The molecule has 1 N–H and O–H groups in total. The molecular formula is C18H24FN5O. The van der Waals surface area contributed by atoms with Crippen molar-refractivity contribution in [2.45, 2.75) is 38.6 Å². The molecule has 2 aromatic rings. The van der Waals surface area contributed by atoms with E-state index >= 15 is 0 Å². The summed E-state index contributed by atoms with van der Waals surface area (Å²) in [6.07, 6.45) is 4.92. The minimum absolute atomic E-state index is 0.00809. The zero-order valence-corrected chi connectivity index (χ0v) is 14.9. The van der Waals surface area contributed by atoms with Crippen molar-refractivity contribution in [3.8, 4) is 0 Å². The Balaban J connectivity index is 2.00. The maximum atomic E-state index is 14.8. The lowest BCUT2D eigenvalue weighted by atomic mass is 9.99. The van der Waals surface area contributed by atoms with Crippen LogP contribution in [0, 0.1) is 5.82 Å². The third-order valence-electron chi connectivity index (χ3n) is 4.91. The van der Waals surface area contributed by atoms with Crippen molar-refractivity contribution in [2.75, 3.05) is 18.5 Å². The van der Waals surface area contributed by atoms with Crippen molar-refractivity contribution in [1.82, 2.24) is 19.9 Å². The summed E-state index contributed by atoms with van der Waals surface area (Å²) in [5, 5.41) is 2.65. The first-order valence-corrected chi connectivity index (χ1v) is 8.72. The van der Waals surface area contributed by atoms with Crippen LogP contribution in [0.4, 0.5) is 10.2 Å². The molecule has 2 aromatic heterocycles. The van der Waals surface area contributed by atoms with Gasteiger partial charge in [-0.2, -0.15) is 0 Å². The van der Waals surface area contributed by atoms with E-state index in [1.165, 1.54) is 6.33 Å². The topological polar surface area (TPSA) is 63.1 Å². The van der Waals surface area contributed by atoms with Crippen molar-refractivity contribution >= 4 is 11.7 Å². The Hall–Kier alpha value is -2.44. The molecule has 134 valence electrons. The molecule has 0 aliphatic carbocycles. The Labute approximate surface area is 147 Å². The molecule has 1 atom stereocenters. The lowest BCUT2D eigenvalue weighted by Crippen LogP contribution is -2.36. The van der Waals surface area contributed by atoms with Crippen LogP contribution in [0.25, 0.3) is 0 Å². The minimum atomic E-state index is -0.336. The molecule has 1 saturated heterocycles. The highest BCUT2D eigenvalue weighted by molar-refractivity contribution is 5.92. The van der Waals surface area contributed by atoms with E-state index in [-0.39, 0.29) is 17.8 Å². The van der Waals surface area contributed by atoms with Crippen LogP contribution in [0.3, 0.4) is 0 Å². The van der Waals surface area contributed by atoms with Crippen LogP contribution < -0.4 is 10.2 Å². The first kappa shape index (κ1) is 17.4. The molecule has 25 heavy (non-hydrogen) atoms. The SMILES string of the molecule is CCc1ncnc(N2CCCC[C@H]2c2ccc(C(=O)NC)n2C)c1F. The number of anilines is 1. The van der Waals surface area contributed by atoms with Crippen LogP contribution in [0.5, 0.6) is 0 Å². The zero-order chi connectivity index (χ0) is 18.0. The van der Waals surface area contributed by atoms with Crippen molar-refractivity contribution in [3.63, 3.8) is 0 Å². The molecule has 1 amide bonds. The second kappa shape index (κ2) is 7.21. The Kier molecular flexibility index (Phi) is 5.01. The standard InChI is InChI=1S/C18H24FN5O/c1-4-12-16(19)17(22-11-21-12)24-10-6-5-7-14(24)13-8-9-15(23(13)3)18(25)20-2/h8-9,11,14H,4-7,10H2,1-3H3,(H,20,25)/t14-/m0/s1. The van der Waals surface area contributed by atoms with E-state index < -0.39 is 0 Å². The Morgan fingerprint density at radius 1 is 1.36 bits per heavy atom. The van der Waals surface area contributed by atoms with Crippen molar-refractivity contribution in [1.29, 1.82) is 0 Å². The van der Waals surface area contributed by atoms with E-state index in [0.29, 0.717) is 23.6 Å². The van der Waals surface area contributed by atoms with E-state index in [4.69, 9.17) is 0 Å². The predicted octanol–water partition coefficient (Wildman–Crippen LogP) is 2.61. The molecular weight excluding hydrogens is 321 g/mol. The van der Waals surface area contributed by atoms with Crippen molar-refractivity contribution in [2.24, 2.45) is 7.05 Å². The van der Waals surface area contributed by atoms with E-state index in [9.17, 15) is 9.18 Å². The lowest BCUT2D eigenvalue weighted by molar-refractivity contribution is 0.0954. The number of rotatable bonds is 4. The van der Waals surface area contributed by atoms with Gasteiger partial charge < -0.3 is 14.8 Å². The predicted molar refractivity (Wildman–Crippen MR) is 94.1 cm³/mol. The molecule has 1 aliphatic rings. The minimum Gasteiger partial charge on any atom is -0.354 e. The highest BCUT2D eigenvalue weighted by Gasteiger charge is 2.30. The summed E-state index contributed by atoms with van der Waals surface area (Å²) in [6.45, 7) is 2.62. The normalized spacial score (nSPS) is 17.6. The molecule has 3 rings (SSSR count). The van der Waals surface area contributed by atoms with Crippen LogP contribution in [-0.4, -0.2) is 34.0 Å². The number of piperidine rings is 1. The molecule has 0 aromatic carbocycles. The van der Waals surface area contributed by atoms with Crippen molar-refractivity contribution in [3.05, 3.63) is 41.4 Å². The third kappa shape index (κ3) is 3.10. The number of aryl methyl sites for hydroxylation is 1. The summed E-state index contributed by atoms with van der Waals surface area (Å²) in [6, 6.07) is 3.76. The number of aromatic nitrogens is 3. The number of amides is 1. The summed E-state index contributed by atoms with van der Waals surface area (Å²) in [5.74, 6) is -0.102. The van der Waals surface area contributed by atoms with Gasteiger partial charge in [0.2, 0.25) is 0 Å². The van der Waals surface area contributed by atoms with Gasteiger partial charge in [0.05, 0.1) is 11.7 Å². The van der Waals surface area contributed by atoms with Crippen LogP contribution in [0.1, 0.15) is 54.1 Å². The number of carbonyl (C=O) groups excluding carboxylic acids is 1. The molecule has 0 saturated carbocycles. The summed E-state index contributed by atoms with van der Waals surface area (Å²) >= 11 is 0. The first-order valence-electron chi connectivity index (χ1n) is 8.72.